The second-order valence-electron chi connectivity index (χ2n) is 8.33. The lowest BCUT2D eigenvalue weighted by atomic mass is 9.84. The Morgan fingerprint density at radius 1 is 1.42 bits per heavy atom. The smallest absolute Gasteiger partial charge is 0.323 e. The van der Waals surface area contributed by atoms with E-state index < -0.39 is 29.4 Å². The molecule has 1 aromatic carbocycles. The van der Waals surface area contributed by atoms with E-state index in [1.54, 1.807) is 50.9 Å². The van der Waals surface area contributed by atoms with Crippen LogP contribution < -0.4 is 4.74 Å². The van der Waals surface area contributed by atoms with Crippen molar-refractivity contribution in [3.63, 3.8) is 0 Å². The Bertz CT molecular complexity index is 730. The van der Waals surface area contributed by atoms with Crippen LogP contribution in [-0.2, 0) is 9.53 Å². The fourth-order valence-electron chi connectivity index (χ4n) is 3.07. The summed E-state index contributed by atoms with van der Waals surface area (Å²) in [5.41, 5.74) is -0.268. The zero-order chi connectivity index (χ0) is 19.9. The van der Waals surface area contributed by atoms with Gasteiger partial charge in [-0.05, 0) is 66.8 Å². The molecular formula is C20H28N2O4. The van der Waals surface area contributed by atoms with Crippen molar-refractivity contribution in [1.29, 1.82) is 5.26 Å². The van der Waals surface area contributed by atoms with Crippen molar-refractivity contribution in [2.24, 2.45) is 0 Å². The van der Waals surface area contributed by atoms with Crippen molar-refractivity contribution in [2.75, 3.05) is 7.05 Å². The second-order valence-corrected chi connectivity index (χ2v) is 8.33. The quantitative estimate of drug-likeness (QED) is 0.835. The maximum absolute atomic E-state index is 12.5. The molecule has 0 saturated heterocycles. The molecular weight excluding hydrogens is 332 g/mol. The van der Waals surface area contributed by atoms with Crippen LogP contribution in [0.4, 0.5) is 0 Å². The van der Waals surface area contributed by atoms with Crippen LogP contribution in [-0.4, -0.2) is 46.4 Å². The number of ether oxygens (including phenoxy) is 2. The molecule has 2 rings (SSSR count). The van der Waals surface area contributed by atoms with Gasteiger partial charge in [-0.2, -0.15) is 5.26 Å². The van der Waals surface area contributed by atoms with Gasteiger partial charge in [0.25, 0.3) is 0 Å². The highest BCUT2D eigenvalue weighted by Gasteiger charge is 2.46. The molecule has 0 fully saturated rings. The summed E-state index contributed by atoms with van der Waals surface area (Å²) >= 11 is 0. The van der Waals surface area contributed by atoms with Gasteiger partial charge < -0.3 is 14.6 Å². The monoisotopic (exact) mass is 360 g/mol. The van der Waals surface area contributed by atoms with Gasteiger partial charge in [-0.3, -0.25) is 9.69 Å². The molecule has 0 radical (unpaired) electrons. The Balaban J connectivity index is 2.43. The van der Waals surface area contributed by atoms with Crippen molar-refractivity contribution < 1.29 is 19.4 Å². The molecule has 0 saturated carbocycles. The number of aliphatic hydroxyl groups excluding tert-OH is 1. The molecule has 0 amide bonds. The van der Waals surface area contributed by atoms with Gasteiger partial charge in [0, 0.05) is 5.56 Å². The first-order valence-corrected chi connectivity index (χ1v) is 8.73. The van der Waals surface area contributed by atoms with E-state index in [4.69, 9.17) is 9.47 Å². The van der Waals surface area contributed by atoms with E-state index in [1.165, 1.54) is 0 Å². The predicted octanol–water partition coefficient (Wildman–Crippen LogP) is 2.79. The molecule has 142 valence electrons. The fraction of sp³-hybridized carbons (Fsp3) is 0.600. The number of carbonyl (C=O) groups is 1. The maximum Gasteiger partial charge on any atom is 0.323 e. The molecule has 6 heteroatoms. The molecule has 0 aliphatic carbocycles. The lowest BCUT2D eigenvalue weighted by Gasteiger charge is -2.46. The van der Waals surface area contributed by atoms with Gasteiger partial charge in [0.15, 0.2) is 0 Å². The molecule has 0 bridgehead atoms. The number of hydrogen-bond donors (Lipinski definition) is 1. The third-order valence-corrected chi connectivity index (χ3v) is 4.64. The van der Waals surface area contributed by atoms with Gasteiger partial charge in [-0.1, -0.05) is 0 Å². The topological polar surface area (TPSA) is 82.8 Å². The number of rotatable bonds is 3. The SMILES string of the molecule is C[C@@H](C(=O)OC(C)(C)C)N(C)[C@H]1c2cc(C#N)ccc2OC(C)(C)[C@@H]1O. The van der Waals surface area contributed by atoms with Gasteiger partial charge in [0.05, 0.1) is 17.7 Å². The van der Waals surface area contributed by atoms with Crippen LogP contribution >= 0.6 is 0 Å². The Hall–Kier alpha value is -2.10. The van der Waals surface area contributed by atoms with E-state index in [-0.39, 0.29) is 5.97 Å². The summed E-state index contributed by atoms with van der Waals surface area (Å²) in [7, 11) is 1.77. The van der Waals surface area contributed by atoms with Crippen molar-refractivity contribution in [3.8, 4) is 11.8 Å². The number of nitriles is 1. The zero-order valence-electron chi connectivity index (χ0n) is 16.5. The molecule has 0 spiro atoms. The van der Waals surface area contributed by atoms with Crippen LogP contribution in [0.3, 0.4) is 0 Å². The Morgan fingerprint density at radius 2 is 2.04 bits per heavy atom. The van der Waals surface area contributed by atoms with Crippen LogP contribution in [0.1, 0.15) is 58.7 Å². The number of benzene rings is 1. The Kier molecular flexibility index (Phi) is 5.36. The van der Waals surface area contributed by atoms with Gasteiger partial charge >= 0.3 is 5.97 Å². The Morgan fingerprint density at radius 3 is 2.58 bits per heavy atom. The Labute approximate surface area is 155 Å². The van der Waals surface area contributed by atoms with Crippen molar-refractivity contribution in [2.45, 2.75) is 70.9 Å². The fourth-order valence-corrected chi connectivity index (χ4v) is 3.07. The first-order chi connectivity index (χ1) is 11.9. The standard InChI is InChI=1S/C20H28N2O4/c1-12(18(24)26-19(2,3)4)22(7)16-14-10-13(11-21)8-9-15(14)25-20(5,6)17(16)23/h8-10,12,16-17,23H,1-7H3/t12-,16-,17+/m0/s1. The summed E-state index contributed by atoms with van der Waals surface area (Å²) < 4.78 is 11.4. The zero-order valence-corrected chi connectivity index (χ0v) is 16.5. The third-order valence-electron chi connectivity index (χ3n) is 4.64. The van der Waals surface area contributed by atoms with Crippen LogP contribution in [0.2, 0.25) is 0 Å². The highest BCUT2D eigenvalue weighted by Crippen LogP contribution is 2.43. The highest BCUT2D eigenvalue weighted by atomic mass is 16.6. The van der Waals surface area contributed by atoms with E-state index in [1.807, 2.05) is 20.8 Å². The van der Waals surface area contributed by atoms with Crippen LogP contribution in [0, 0.1) is 11.3 Å². The number of fused-ring (bicyclic) bond motifs is 1. The largest absolute Gasteiger partial charge is 0.485 e. The number of likely N-dealkylation sites (N-methyl/N-ethyl adjacent to an activating group) is 1. The van der Waals surface area contributed by atoms with Gasteiger partial charge in [0.1, 0.15) is 29.1 Å². The molecule has 1 aliphatic rings. The van der Waals surface area contributed by atoms with Crippen molar-refractivity contribution in [3.05, 3.63) is 29.3 Å². The first kappa shape index (κ1) is 20.2. The minimum absolute atomic E-state index is 0.366. The molecule has 1 aliphatic heterocycles. The third kappa shape index (κ3) is 4.00. The summed E-state index contributed by atoms with van der Waals surface area (Å²) in [4.78, 5) is 14.3. The number of carbonyl (C=O) groups excluding carboxylic acids is 1. The lowest BCUT2D eigenvalue weighted by Crippen LogP contribution is -2.55. The molecule has 0 aromatic heterocycles. The van der Waals surface area contributed by atoms with E-state index in [0.29, 0.717) is 16.9 Å². The summed E-state index contributed by atoms with van der Waals surface area (Å²) in [5.74, 6) is 0.238. The molecule has 1 N–H and O–H groups in total. The van der Waals surface area contributed by atoms with Crippen LogP contribution in [0.5, 0.6) is 5.75 Å². The summed E-state index contributed by atoms with van der Waals surface area (Å²) in [6.07, 6.45) is -0.890. The maximum atomic E-state index is 12.5. The summed E-state index contributed by atoms with van der Waals surface area (Å²) in [6.45, 7) is 10.8. The normalized spacial score (nSPS) is 22.8. The number of nitrogens with zero attached hydrogens (tertiary/aromatic N) is 2. The van der Waals surface area contributed by atoms with Gasteiger partial charge in [0.2, 0.25) is 0 Å². The van der Waals surface area contributed by atoms with Gasteiger partial charge in [-0.25, -0.2) is 0 Å². The lowest BCUT2D eigenvalue weighted by molar-refractivity contribution is -0.164. The highest BCUT2D eigenvalue weighted by molar-refractivity contribution is 5.75. The van der Waals surface area contributed by atoms with E-state index in [2.05, 4.69) is 6.07 Å². The number of esters is 1. The van der Waals surface area contributed by atoms with Crippen molar-refractivity contribution in [1.82, 2.24) is 4.90 Å². The van der Waals surface area contributed by atoms with E-state index in [0.717, 1.165) is 0 Å². The minimum Gasteiger partial charge on any atom is -0.485 e. The molecule has 26 heavy (non-hydrogen) atoms. The van der Waals surface area contributed by atoms with Crippen LogP contribution in [0.15, 0.2) is 18.2 Å². The molecule has 1 aromatic rings. The average Bonchev–Trinajstić information content (AvgIpc) is 2.52. The summed E-state index contributed by atoms with van der Waals surface area (Å²) in [6, 6.07) is 6.14. The van der Waals surface area contributed by atoms with E-state index >= 15 is 0 Å². The molecule has 0 unspecified atom stereocenters. The second kappa shape index (κ2) is 6.90. The number of aliphatic hydroxyl groups is 1. The molecule has 1 heterocycles. The first-order valence-electron chi connectivity index (χ1n) is 8.73. The minimum atomic E-state index is -0.890. The number of hydrogen-bond acceptors (Lipinski definition) is 6. The average molecular weight is 360 g/mol. The van der Waals surface area contributed by atoms with Crippen LogP contribution in [0.25, 0.3) is 0 Å². The van der Waals surface area contributed by atoms with Gasteiger partial charge in [-0.15, -0.1) is 0 Å². The molecule has 6 nitrogen and oxygen atoms in total. The van der Waals surface area contributed by atoms with Crippen molar-refractivity contribution >= 4 is 5.97 Å². The summed E-state index contributed by atoms with van der Waals surface area (Å²) in [5, 5.41) is 20.2. The van der Waals surface area contributed by atoms with E-state index in [9.17, 15) is 15.2 Å². The predicted molar refractivity (Wildman–Crippen MR) is 97.7 cm³/mol. The molecule has 3 atom stereocenters.